The molecule has 0 bridgehead atoms. The van der Waals surface area contributed by atoms with Crippen LogP contribution in [0.25, 0.3) is 0 Å². The fraction of sp³-hybridized carbons (Fsp3) is 0.667. The molecule has 7 heteroatoms. The molecule has 1 aromatic rings. The van der Waals surface area contributed by atoms with E-state index in [9.17, 15) is 9.59 Å². The molecule has 0 radical (unpaired) electrons. The molecule has 1 aliphatic heterocycles. The summed E-state index contributed by atoms with van der Waals surface area (Å²) in [5, 5.41) is 11.1. The van der Waals surface area contributed by atoms with E-state index in [4.69, 9.17) is 4.74 Å². The van der Waals surface area contributed by atoms with Gasteiger partial charge in [0.1, 0.15) is 0 Å². The van der Waals surface area contributed by atoms with Crippen molar-refractivity contribution < 1.29 is 14.3 Å². The number of hydrogen-bond acceptors (Lipinski definition) is 6. The Kier molecular flexibility index (Phi) is 4.55. The highest BCUT2D eigenvalue weighted by Crippen LogP contribution is 2.44. The topological polar surface area (TPSA) is 84.4 Å². The molecule has 2 aliphatic carbocycles. The third-order valence-corrected chi connectivity index (χ3v) is 5.21. The van der Waals surface area contributed by atoms with Crippen LogP contribution in [0.1, 0.15) is 49.0 Å². The SMILES string of the molecule is O=C(COC(=O)c1ccc(N2CCCC2)nn1)NC(C1CC1)C1CC1. The summed E-state index contributed by atoms with van der Waals surface area (Å²) in [5.74, 6) is 1.19. The number of carbonyl (C=O) groups excluding carboxylic acids is 2. The second-order valence-corrected chi connectivity index (χ2v) is 7.32. The minimum absolute atomic E-state index is 0.136. The van der Waals surface area contributed by atoms with Gasteiger partial charge in [0, 0.05) is 19.1 Å². The highest BCUT2D eigenvalue weighted by molar-refractivity contribution is 5.89. The van der Waals surface area contributed by atoms with Crippen molar-refractivity contribution in [3.8, 4) is 0 Å². The van der Waals surface area contributed by atoms with E-state index in [0.717, 1.165) is 31.7 Å². The van der Waals surface area contributed by atoms with Gasteiger partial charge in [-0.15, -0.1) is 10.2 Å². The van der Waals surface area contributed by atoms with Gasteiger partial charge >= 0.3 is 5.97 Å². The Balaban J connectivity index is 1.25. The number of amides is 1. The summed E-state index contributed by atoms with van der Waals surface area (Å²) in [6.07, 6.45) is 7.09. The maximum Gasteiger partial charge on any atom is 0.359 e. The first-order valence-electron chi connectivity index (χ1n) is 9.26. The van der Waals surface area contributed by atoms with Crippen LogP contribution in [0, 0.1) is 11.8 Å². The van der Waals surface area contributed by atoms with E-state index in [1.807, 2.05) is 0 Å². The van der Waals surface area contributed by atoms with Gasteiger partial charge in [0.25, 0.3) is 5.91 Å². The number of esters is 1. The number of carbonyl (C=O) groups is 2. The number of aromatic nitrogens is 2. The zero-order valence-electron chi connectivity index (χ0n) is 14.3. The van der Waals surface area contributed by atoms with Crippen LogP contribution in [0.5, 0.6) is 0 Å². The van der Waals surface area contributed by atoms with Gasteiger partial charge in [0.15, 0.2) is 18.1 Å². The van der Waals surface area contributed by atoms with E-state index in [2.05, 4.69) is 20.4 Å². The molecule has 7 nitrogen and oxygen atoms in total. The lowest BCUT2D eigenvalue weighted by Crippen LogP contribution is -2.40. The van der Waals surface area contributed by atoms with E-state index in [0.29, 0.717) is 11.8 Å². The fourth-order valence-electron chi connectivity index (χ4n) is 3.51. The smallest absolute Gasteiger partial charge is 0.359 e. The summed E-state index contributed by atoms with van der Waals surface area (Å²) >= 11 is 0. The van der Waals surface area contributed by atoms with E-state index in [1.54, 1.807) is 12.1 Å². The second kappa shape index (κ2) is 6.98. The maximum atomic E-state index is 12.1. The van der Waals surface area contributed by atoms with Crippen LogP contribution in [-0.2, 0) is 9.53 Å². The van der Waals surface area contributed by atoms with E-state index in [-0.39, 0.29) is 24.2 Å². The lowest BCUT2D eigenvalue weighted by atomic mass is 10.1. The molecule has 4 rings (SSSR count). The van der Waals surface area contributed by atoms with Crippen LogP contribution < -0.4 is 10.2 Å². The lowest BCUT2D eigenvalue weighted by Gasteiger charge is -2.17. The lowest BCUT2D eigenvalue weighted by molar-refractivity contribution is -0.125. The Morgan fingerprint density at radius 2 is 1.80 bits per heavy atom. The normalized spacial score (nSPS) is 20.0. The van der Waals surface area contributed by atoms with E-state index >= 15 is 0 Å². The Morgan fingerprint density at radius 1 is 1.12 bits per heavy atom. The molecular weight excluding hydrogens is 320 g/mol. The number of anilines is 1. The zero-order chi connectivity index (χ0) is 17.2. The molecule has 0 atom stereocenters. The summed E-state index contributed by atoms with van der Waals surface area (Å²) in [4.78, 5) is 26.2. The molecule has 1 saturated heterocycles. The van der Waals surface area contributed by atoms with Crippen LogP contribution in [-0.4, -0.2) is 47.8 Å². The van der Waals surface area contributed by atoms with Gasteiger partial charge in [-0.1, -0.05) is 0 Å². The monoisotopic (exact) mass is 344 g/mol. The predicted octanol–water partition coefficient (Wildman–Crippen LogP) is 1.54. The van der Waals surface area contributed by atoms with Crippen molar-refractivity contribution in [2.45, 2.75) is 44.6 Å². The summed E-state index contributed by atoms with van der Waals surface area (Å²) in [6.45, 7) is 1.69. The van der Waals surface area contributed by atoms with Crippen molar-refractivity contribution >= 4 is 17.7 Å². The first-order chi connectivity index (χ1) is 12.2. The maximum absolute atomic E-state index is 12.1. The van der Waals surface area contributed by atoms with Crippen LogP contribution in [0.2, 0.25) is 0 Å². The predicted molar refractivity (Wildman–Crippen MR) is 91.1 cm³/mol. The minimum atomic E-state index is -0.606. The van der Waals surface area contributed by atoms with Gasteiger partial charge in [-0.2, -0.15) is 0 Å². The molecule has 0 aromatic carbocycles. The third-order valence-electron chi connectivity index (χ3n) is 5.21. The Bertz CT molecular complexity index is 622. The molecule has 1 aromatic heterocycles. The van der Waals surface area contributed by atoms with Gasteiger partial charge in [-0.3, -0.25) is 4.79 Å². The molecular formula is C18H24N4O3. The molecule has 0 unspecified atom stereocenters. The van der Waals surface area contributed by atoms with Crippen LogP contribution in [0.3, 0.4) is 0 Å². The first-order valence-corrected chi connectivity index (χ1v) is 9.26. The van der Waals surface area contributed by atoms with Gasteiger partial charge in [0.2, 0.25) is 0 Å². The van der Waals surface area contributed by atoms with E-state index in [1.165, 1.54) is 25.7 Å². The average Bonchev–Trinajstić information content (AvgIpc) is 3.57. The Labute approximate surface area is 147 Å². The zero-order valence-corrected chi connectivity index (χ0v) is 14.3. The molecule has 1 N–H and O–H groups in total. The fourth-order valence-corrected chi connectivity index (χ4v) is 3.51. The highest BCUT2D eigenvalue weighted by Gasteiger charge is 2.42. The molecule has 3 aliphatic rings. The van der Waals surface area contributed by atoms with Crippen molar-refractivity contribution in [2.75, 3.05) is 24.6 Å². The summed E-state index contributed by atoms with van der Waals surface area (Å²) in [5.41, 5.74) is 0.136. The third kappa shape index (κ3) is 4.08. The van der Waals surface area contributed by atoms with Crippen molar-refractivity contribution in [3.63, 3.8) is 0 Å². The standard InChI is InChI=1S/C18H24N4O3/c23-16(19-17(12-3-4-12)13-5-6-13)11-25-18(24)14-7-8-15(21-20-14)22-9-1-2-10-22/h7-8,12-13,17H,1-6,9-11H2,(H,19,23). The number of nitrogens with zero attached hydrogens (tertiary/aromatic N) is 3. The van der Waals surface area contributed by atoms with Gasteiger partial charge in [-0.05, 0) is 62.5 Å². The Morgan fingerprint density at radius 3 is 2.36 bits per heavy atom. The van der Waals surface area contributed by atoms with Gasteiger partial charge in [-0.25, -0.2) is 4.79 Å². The van der Waals surface area contributed by atoms with Crippen molar-refractivity contribution in [2.24, 2.45) is 11.8 Å². The number of nitrogens with one attached hydrogen (secondary N) is 1. The molecule has 134 valence electrons. The van der Waals surface area contributed by atoms with Crippen LogP contribution in [0.4, 0.5) is 5.82 Å². The Hall–Kier alpha value is -2.18. The summed E-state index contributed by atoms with van der Waals surface area (Å²) in [7, 11) is 0. The molecule has 2 saturated carbocycles. The van der Waals surface area contributed by atoms with Gasteiger partial charge in [0.05, 0.1) is 0 Å². The molecule has 0 spiro atoms. The van der Waals surface area contributed by atoms with Crippen LogP contribution in [0.15, 0.2) is 12.1 Å². The number of ether oxygens (including phenoxy) is 1. The highest BCUT2D eigenvalue weighted by atomic mass is 16.5. The van der Waals surface area contributed by atoms with Crippen molar-refractivity contribution in [1.29, 1.82) is 0 Å². The molecule has 2 heterocycles. The number of rotatable bonds is 7. The molecule has 3 fully saturated rings. The molecule has 1 amide bonds. The average molecular weight is 344 g/mol. The minimum Gasteiger partial charge on any atom is -0.451 e. The van der Waals surface area contributed by atoms with Gasteiger partial charge < -0.3 is 15.0 Å². The molecule has 25 heavy (non-hydrogen) atoms. The van der Waals surface area contributed by atoms with Crippen molar-refractivity contribution in [1.82, 2.24) is 15.5 Å². The van der Waals surface area contributed by atoms with Crippen molar-refractivity contribution in [3.05, 3.63) is 17.8 Å². The van der Waals surface area contributed by atoms with E-state index < -0.39 is 5.97 Å². The second-order valence-electron chi connectivity index (χ2n) is 7.32. The van der Waals surface area contributed by atoms with Crippen LogP contribution >= 0.6 is 0 Å². The first kappa shape index (κ1) is 16.3. The largest absolute Gasteiger partial charge is 0.451 e. The summed E-state index contributed by atoms with van der Waals surface area (Å²) in [6, 6.07) is 3.66. The quantitative estimate of drug-likeness (QED) is 0.755. The number of hydrogen-bond donors (Lipinski definition) is 1. The summed E-state index contributed by atoms with van der Waals surface area (Å²) < 4.78 is 5.09.